The lowest BCUT2D eigenvalue weighted by molar-refractivity contribution is -0.118. The van der Waals surface area contributed by atoms with Crippen LogP contribution in [0.15, 0.2) is 70.9 Å². The lowest BCUT2D eigenvalue weighted by atomic mass is 10.1. The summed E-state index contributed by atoms with van der Waals surface area (Å²) >= 11 is 1.22. The molecule has 2 aromatic heterocycles. The number of amides is 1. The molecule has 0 fully saturated rings. The topological polar surface area (TPSA) is 89.8 Å². The standard InChI is InChI=1S/C24H23N5O2S/c1-16-3-7-18(8-4-16)13-27-20(30)15-32-24-28-22-21(25-11-12-26-22)23(31)29(24)14-19-9-5-17(2)6-10-19/h3-12H,13-15H2,1-2H3,(H,27,30). The highest BCUT2D eigenvalue weighted by Crippen LogP contribution is 2.18. The first kappa shape index (κ1) is 21.7. The van der Waals surface area contributed by atoms with Gasteiger partial charge in [0, 0.05) is 18.9 Å². The normalized spacial score (nSPS) is 10.9. The predicted molar refractivity (Wildman–Crippen MR) is 126 cm³/mol. The second-order valence-corrected chi connectivity index (χ2v) is 8.49. The number of nitrogens with one attached hydrogen (secondary N) is 1. The van der Waals surface area contributed by atoms with Gasteiger partial charge in [0.25, 0.3) is 5.56 Å². The highest BCUT2D eigenvalue weighted by Gasteiger charge is 2.15. The molecule has 32 heavy (non-hydrogen) atoms. The Morgan fingerprint density at radius 1 is 0.938 bits per heavy atom. The largest absolute Gasteiger partial charge is 0.351 e. The van der Waals surface area contributed by atoms with Gasteiger partial charge in [-0.1, -0.05) is 71.4 Å². The van der Waals surface area contributed by atoms with Gasteiger partial charge in [-0.25, -0.2) is 15.0 Å². The molecule has 8 heteroatoms. The third kappa shape index (κ3) is 5.20. The van der Waals surface area contributed by atoms with Gasteiger partial charge in [-0.3, -0.25) is 14.2 Å². The average molecular weight is 446 g/mol. The Balaban J connectivity index is 1.53. The van der Waals surface area contributed by atoms with E-state index < -0.39 is 0 Å². The van der Waals surface area contributed by atoms with Crippen LogP contribution in [-0.2, 0) is 17.9 Å². The molecule has 0 radical (unpaired) electrons. The number of hydrogen-bond acceptors (Lipinski definition) is 6. The maximum absolute atomic E-state index is 13.1. The number of rotatable bonds is 7. The smallest absolute Gasteiger partial charge is 0.282 e. The molecular formula is C24H23N5O2S. The van der Waals surface area contributed by atoms with Gasteiger partial charge in [0.15, 0.2) is 16.3 Å². The molecule has 2 heterocycles. The molecule has 1 amide bonds. The van der Waals surface area contributed by atoms with Crippen molar-refractivity contribution in [2.45, 2.75) is 32.1 Å². The minimum atomic E-state index is -0.272. The summed E-state index contributed by atoms with van der Waals surface area (Å²) < 4.78 is 1.56. The number of thioether (sulfide) groups is 1. The summed E-state index contributed by atoms with van der Waals surface area (Å²) in [4.78, 5) is 38.4. The van der Waals surface area contributed by atoms with Gasteiger partial charge in [0.05, 0.1) is 12.3 Å². The Labute approximate surface area is 190 Å². The van der Waals surface area contributed by atoms with E-state index in [2.05, 4.69) is 20.3 Å². The fourth-order valence-corrected chi connectivity index (χ4v) is 3.96. The van der Waals surface area contributed by atoms with Gasteiger partial charge >= 0.3 is 0 Å². The molecule has 4 aromatic rings. The summed E-state index contributed by atoms with van der Waals surface area (Å²) in [6.07, 6.45) is 2.98. The first-order valence-electron chi connectivity index (χ1n) is 10.2. The van der Waals surface area contributed by atoms with Crippen LogP contribution in [0.25, 0.3) is 11.2 Å². The van der Waals surface area contributed by atoms with Crippen LogP contribution in [0.2, 0.25) is 0 Å². The summed E-state index contributed by atoms with van der Waals surface area (Å²) in [7, 11) is 0. The van der Waals surface area contributed by atoms with Crippen LogP contribution in [0.3, 0.4) is 0 Å². The second kappa shape index (κ2) is 9.74. The molecule has 0 saturated heterocycles. The van der Waals surface area contributed by atoms with Crippen LogP contribution >= 0.6 is 11.8 Å². The fourth-order valence-electron chi connectivity index (χ4n) is 3.14. The molecule has 0 unspecified atom stereocenters. The zero-order chi connectivity index (χ0) is 22.5. The van der Waals surface area contributed by atoms with E-state index in [-0.39, 0.29) is 28.4 Å². The summed E-state index contributed by atoms with van der Waals surface area (Å²) in [6, 6.07) is 16.0. The summed E-state index contributed by atoms with van der Waals surface area (Å²) in [6.45, 7) is 4.83. The maximum atomic E-state index is 13.1. The molecule has 7 nitrogen and oxygen atoms in total. The van der Waals surface area contributed by atoms with Crippen molar-refractivity contribution in [1.82, 2.24) is 24.8 Å². The van der Waals surface area contributed by atoms with Crippen LogP contribution in [0.5, 0.6) is 0 Å². The van der Waals surface area contributed by atoms with Gasteiger partial charge in [0.1, 0.15) is 0 Å². The van der Waals surface area contributed by atoms with Crippen LogP contribution in [0.1, 0.15) is 22.3 Å². The van der Waals surface area contributed by atoms with Crippen molar-refractivity contribution in [3.8, 4) is 0 Å². The highest BCUT2D eigenvalue weighted by atomic mass is 32.2. The number of fused-ring (bicyclic) bond motifs is 1. The van der Waals surface area contributed by atoms with Gasteiger partial charge in [-0.05, 0) is 25.0 Å². The molecule has 0 atom stereocenters. The molecule has 162 valence electrons. The van der Waals surface area contributed by atoms with Crippen molar-refractivity contribution < 1.29 is 4.79 Å². The number of carbonyl (C=O) groups excluding carboxylic acids is 1. The van der Waals surface area contributed by atoms with Crippen LogP contribution < -0.4 is 10.9 Å². The van der Waals surface area contributed by atoms with Gasteiger partial charge in [-0.2, -0.15) is 0 Å². The number of carbonyl (C=O) groups is 1. The number of hydrogen-bond donors (Lipinski definition) is 1. The van der Waals surface area contributed by atoms with Crippen molar-refractivity contribution in [2.24, 2.45) is 0 Å². The number of aromatic nitrogens is 4. The Hall–Kier alpha value is -3.52. The van der Waals surface area contributed by atoms with E-state index in [1.165, 1.54) is 29.7 Å². The average Bonchev–Trinajstić information content (AvgIpc) is 2.80. The van der Waals surface area contributed by atoms with Crippen molar-refractivity contribution >= 4 is 28.8 Å². The van der Waals surface area contributed by atoms with E-state index in [0.29, 0.717) is 18.2 Å². The van der Waals surface area contributed by atoms with Crippen molar-refractivity contribution in [3.05, 3.63) is 93.5 Å². The van der Waals surface area contributed by atoms with E-state index in [4.69, 9.17) is 0 Å². The zero-order valence-electron chi connectivity index (χ0n) is 17.9. The summed E-state index contributed by atoms with van der Waals surface area (Å²) in [5, 5.41) is 3.35. The van der Waals surface area contributed by atoms with E-state index in [1.54, 1.807) is 4.57 Å². The number of benzene rings is 2. The first-order chi connectivity index (χ1) is 15.5. The molecule has 0 saturated carbocycles. The number of aryl methyl sites for hydroxylation is 2. The first-order valence-corrected chi connectivity index (χ1v) is 11.2. The van der Waals surface area contributed by atoms with Crippen LogP contribution in [-0.4, -0.2) is 31.2 Å². The summed E-state index contributed by atoms with van der Waals surface area (Å²) in [5.41, 5.74) is 4.54. The second-order valence-electron chi connectivity index (χ2n) is 7.55. The summed E-state index contributed by atoms with van der Waals surface area (Å²) in [5.74, 6) is 0.00350. The fraction of sp³-hybridized carbons (Fsp3) is 0.208. The molecule has 0 spiro atoms. The minimum absolute atomic E-state index is 0.133. The molecule has 0 aliphatic heterocycles. The van der Waals surface area contributed by atoms with E-state index in [0.717, 1.165) is 16.7 Å². The van der Waals surface area contributed by atoms with Crippen LogP contribution in [0.4, 0.5) is 0 Å². The number of nitrogens with zero attached hydrogens (tertiary/aromatic N) is 4. The van der Waals surface area contributed by atoms with E-state index >= 15 is 0 Å². The lowest BCUT2D eigenvalue weighted by Gasteiger charge is -2.13. The highest BCUT2D eigenvalue weighted by molar-refractivity contribution is 7.99. The SMILES string of the molecule is Cc1ccc(CNC(=O)CSc2nc3nccnc3c(=O)n2Cc2ccc(C)cc2)cc1. The van der Waals surface area contributed by atoms with Gasteiger partial charge in [-0.15, -0.1) is 0 Å². The lowest BCUT2D eigenvalue weighted by Crippen LogP contribution is -2.27. The van der Waals surface area contributed by atoms with Crippen LogP contribution in [0, 0.1) is 13.8 Å². The quantitative estimate of drug-likeness (QED) is 0.347. The third-order valence-electron chi connectivity index (χ3n) is 4.96. The zero-order valence-corrected chi connectivity index (χ0v) is 18.7. The van der Waals surface area contributed by atoms with Gasteiger partial charge < -0.3 is 5.32 Å². The van der Waals surface area contributed by atoms with Crippen molar-refractivity contribution in [2.75, 3.05) is 5.75 Å². The molecule has 0 aliphatic rings. The molecule has 0 bridgehead atoms. The minimum Gasteiger partial charge on any atom is -0.351 e. The van der Waals surface area contributed by atoms with Gasteiger partial charge in [0.2, 0.25) is 5.91 Å². The Kier molecular flexibility index (Phi) is 6.61. The Morgan fingerprint density at radius 2 is 1.56 bits per heavy atom. The maximum Gasteiger partial charge on any atom is 0.282 e. The molecule has 1 N–H and O–H groups in total. The molecular weight excluding hydrogens is 422 g/mol. The third-order valence-corrected chi connectivity index (χ3v) is 5.94. The molecule has 0 aliphatic carbocycles. The monoisotopic (exact) mass is 445 g/mol. The van der Waals surface area contributed by atoms with Crippen molar-refractivity contribution in [3.63, 3.8) is 0 Å². The van der Waals surface area contributed by atoms with Crippen molar-refractivity contribution in [1.29, 1.82) is 0 Å². The predicted octanol–water partition coefficient (Wildman–Crippen LogP) is 3.26. The molecule has 2 aromatic carbocycles. The van der Waals surface area contributed by atoms with E-state index in [9.17, 15) is 9.59 Å². The molecule has 4 rings (SSSR count). The van der Waals surface area contributed by atoms with E-state index in [1.807, 2.05) is 62.4 Å². The Morgan fingerprint density at radius 3 is 2.25 bits per heavy atom. The Bertz CT molecular complexity index is 1300.